The van der Waals surface area contributed by atoms with Crippen molar-refractivity contribution in [2.75, 3.05) is 14.1 Å². The van der Waals surface area contributed by atoms with Crippen LogP contribution in [0.1, 0.15) is 22.3 Å². The molecule has 0 saturated heterocycles. The van der Waals surface area contributed by atoms with Crippen LogP contribution in [0.5, 0.6) is 0 Å². The molecule has 9 heteroatoms. The molecule has 0 fully saturated rings. The number of carbonyl (C=O) groups is 1. The van der Waals surface area contributed by atoms with Gasteiger partial charge in [-0.25, -0.2) is 4.79 Å². The zero-order valence-electron chi connectivity index (χ0n) is 15.2. The number of nitrogens with zero attached hydrogens (tertiary/aromatic N) is 1. The standard InChI is InChI=1S/C20H15F6NO2/c1-27(2)17-15(11-3-7-13(8-4-11)19(21,22)23)16(18(28)29-17)12-5-9-14(10-6-12)20(24,25)26/h3-10,17H,1-2H3. The molecule has 2 aromatic rings. The van der Waals surface area contributed by atoms with E-state index in [1.807, 2.05) is 0 Å². The smallest absolute Gasteiger partial charge is 0.416 e. The van der Waals surface area contributed by atoms with E-state index in [2.05, 4.69) is 0 Å². The van der Waals surface area contributed by atoms with E-state index in [4.69, 9.17) is 4.74 Å². The number of rotatable bonds is 3. The highest BCUT2D eigenvalue weighted by atomic mass is 19.4. The number of benzene rings is 2. The molecule has 1 aliphatic rings. The minimum absolute atomic E-state index is 0.0113. The second-order valence-electron chi connectivity index (χ2n) is 6.66. The Balaban J connectivity index is 2.13. The van der Waals surface area contributed by atoms with Crippen molar-refractivity contribution in [3.05, 3.63) is 70.8 Å². The SMILES string of the molecule is CN(C)C1OC(=O)C(c2ccc(C(F)(F)F)cc2)=C1c1ccc(C(F)(F)F)cc1. The highest BCUT2D eigenvalue weighted by Crippen LogP contribution is 2.40. The maximum Gasteiger partial charge on any atom is 0.416 e. The molecule has 3 rings (SSSR count). The van der Waals surface area contributed by atoms with Crippen LogP contribution < -0.4 is 0 Å². The molecule has 154 valence electrons. The first kappa shape index (κ1) is 20.9. The molecule has 0 aromatic heterocycles. The van der Waals surface area contributed by atoms with Crippen molar-refractivity contribution in [2.24, 2.45) is 0 Å². The average molecular weight is 415 g/mol. The zero-order valence-corrected chi connectivity index (χ0v) is 15.2. The second kappa shape index (κ2) is 7.22. The van der Waals surface area contributed by atoms with Crippen LogP contribution in [0.4, 0.5) is 26.3 Å². The minimum Gasteiger partial charge on any atom is -0.438 e. The van der Waals surface area contributed by atoms with Gasteiger partial charge in [-0.1, -0.05) is 24.3 Å². The summed E-state index contributed by atoms with van der Waals surface area (Å²) >= 11 is 0. The quantitative estimate of drug-likeness (QED) is 0.517. The molecule has 1 aliphatic heterocycles. The van der Waals surface area contributed by atoms with E-state index in [1.54, 1.807) is 19.0 Å². The lowest BCUT2D eigenvalue weighted by molar-refractivity contribution is -0.142. The number of likely N-dealkylation sites (N-methyl/N-ethyl adjacent to an activating group) is 1. The monoisotopic (exact) mass is 415 g/mol. The summed E-state index contributed by atoms with van der Waals surface area (Å²) in [5.74, 6) is -0.765. The summed E-state index contributed by atoms with van der Waals surface area (Å²) in [6.07, 6.45) is -9.95. The maximum absolute atomic E-state index is 12.8. The lowest BCUT2D eigenvalue weighted by atomic mass is 9.93. The molecule has 0 bridgehead atoms. The van der Waals surface area contributed by atoms with Crippen LogP contribution >= 0.6 is 0 Å². The van der Waals surface area contributed by atoms with Crippen molar-refractivity contribution in [3.63, 3.8) is 0 Å². The number of ether oxygens (including phenoxy) is 1. The molecule has 0 aliphatic carbocycles. The number of cyclic esters (lactones) is 1. The van der Waals surface area contributed by atoms with Crippen LogP contribution in [0.3, 0.4) is 0 Å². The average Bonchev–Trinajstić information content (AvgIpc) is 2.98. The van der Waals surface area contributed by atoms with Crippen LogP contribution in [0.25, 0.3) is 11.1 Å². The fourth-order valence-corrected chi connectivity index (χ4v) is 3.04. The normalized spacial score (nSPS) is 17.8. The van der Waals surface area contributed by atoms with Gasteiger partial charge in [0.15, 0.2) is 6.23 Å². The lowest BCUT2D eigenvalue weighted by Gasteiger charge is -2.21. The van der Waals surface area contributed by atoms with Crippen molar-refractivity contribution < 1.29 is 35.9 Å². The molecule has 0 spiro atoms. The van der Waals surface area contributed by atoms with Gasteiger partial charge in [0.1, 0.15) is 0 Å². The minimum atomic E-state index is -4.54. The molecular weight excluding hydrogens is 400 g/mol. The van der Waals surface area contributed by atoms with Gasteiger partial charge in [-0.05, 0) is 49.5 Å². The number of halogens is 6. The third kappa shape index (κ3) is 4.14. The molecular formula is C20H15F6NO2. The largest absolute Gasteiger partial charge is 0.438 e. The van der Waals surface area contributed by atoms with Gasteiger partial charge >= 0.3 is 18.3 Å². The van der Waals surface area contributed by atoms with E-state index < -0.39 is 35.7 Å². The number of hydrogen-bond acceptors (Lipinski definition) is 3. The Morgan fingerprint density at radius 2 is 1.17 bits per heavy atom. The number of esters is 1. The summed E-state index contributed by atoms with van der Waals surface area (Å²) < 4.78 is 82.3. The topological polar surface area (TPSA) is 29.5 Å². The van der Waals surface area contributed by atoms with Gasteiger partial charge in [-0.2, -0.15) is 26.3 Å². The van der Waals surface area contributed by atoms with Gasteiger partial charge < -0.3 is 4.74 Å². The van der Waals surface area contributed by atoms with E-state index in [1.165, 1.54) is 12.1 Å². The summed E-state index contributed by atoms with van der Waals surface area (Å²) in [5, 5.41) is 0. The van der Waals surface area contributed by atoms with Crippen LogP contribution in [0, 0.1) is 0 Å². The van der Waals surface area contributed by atoms with Gasteiger partial charge in [-0.3, -0.25) is 4.90 Å². The van der Waals surface area contributed by atoms with Crippen molar-refractivity contribution in [2.45, 2.75) is 18.6 Å². The van der Waals surface area contributed by atoms with Gasteiger partial charge in [0.25, 0.3) is 0 Å². The molecule has 0 N–H and O–H groups in total. The lowest BCUT2D eigenvalue weighted by Crippen LogP contribution is -2.29. The molecule has 3 nitrogen and oxygen atoms in total. The summed E-state index contributed by atoms with van der Waals surface area (Å²) in [6.45, 7) is 0. The Labute approximate surface area is 162 Å². The zero-order chi connectivity index (χ0) is 21.6. The van der Waals surface area contributed by atoms with Gasteiger partial charge in [0, 0.05) is 5.57 Å². The first-order valence-electron chi connectivity index (χ1n) is 8.36. The van der Waals surface area contributed by atoms with Gasteiger partial charge in [0.2, 0.25) is 0 Å². The number of alkyl halides is 6. The highest BCUT2D eigenvalue weighted by Gasteiger charge is 2.38. The number of carbonyl (C=O) groups excluding carboxylic acids is 1. The van der Waals surface area contributed by atoms with Crippen LogP contribution in [-0.2, 0) is 21.9 Å². The van der Waals surface area contributed by atoms with Crippen LogP contribution in [0.2, 0.25) is 0 Å². The predicted molar refractivity (Wildman–Crippen MR) is 93.3 cm³/mol. The molecule has 0 saturated carbocycles. The second-order valence-corrected chi connectivity index (χ2v) is 6.66. The van der Waals surface area contributed by atoms with E-state index >= 15 is 0 Å². The fourth-order valence-electron chi connectivity index (χ4n) is 3.04. The van der Waals surface area contributed by atoms with E-state index in [0.717, 1.165) is 36.4 Å². The van der Waals surface area contributed by atoms with Crippen LogP contribution in [-0.4, -0.2) is 31.2 Å². The molecule has 29 heavy (non-hydrogen) atoms. The summed E-state index contributed by atoms with van der Waals surface area (Å²) in [6, 6.07) is 8.13. The third-order valence-electron chi connectivity index (χ3n) is 4.43. The van der Waals surface area contributed by atoms with Crippen molar-refractivity contribution in [3.8, 4) is 0 Å². The van der Waals surface area contributed by atoms with E-state index in [0.29, 0.717) is 5.56 Å². The van der Waals surface area contributed by atoms with Crippen LogP contribution in [0.15, 0.2) is 48.5 Å². The maximum atomic E-state index is 12.8. The number of hydrogen-bond donors (Lipinski definition) is 0. The molecule has 0 radical (unpaired) electrons. The Kier molecular flexibility index (Phi) is 5.20. The molecule has 0 amide bonds. The Hall–Kier alpha value is -2.81. The Bertz CT molecular complexity index is 941. The van der Waals surface area contributed by atoms with E-state index in [-0.39, 0.29) is 16.7 Å². The predicted octanol–water partition coefficient (Wildman–Crippen LogP) is 5.08. The Morgan fingerprint density at radius 3 is 1.55 bits per heavy atom. The molecule has 1 heterocycles. The first-order chi connectivity index (χ1) is 13.4. The van der Waals surface area contributed by atoms with Crippen molar-refractivity contribution in [1.29, 1.82) is 0 Å². The first-order valence-corrected chi connectivity index (χ1v) is 8.36. The van der Waals surface area contributed by atoms with Crippen molar-refractivity contribution in [1.82, 2.24) is 4.90 Å². The van der Waals surface area contributed by atoms with Gasteiger partial charge in [-0.15, -0.1) is 0 Å². The highest BCUT2D eigenvalue weighted by molar-refractivity contribution is 6.27. The van der Waals surface area contributed by atoms with E-state index in [9.17, 15) is 31.1 Å². The summed E-state index contributed by atoms with van der Waals surface area (Å²) in [5.41, 5.74) is -0.955. The summed E-state index contributed by atoms with van der Waals surface area (Å²) in [4.78, 5) is 14.0. The molecule has 1 atom stereocenters. The molecule has 2 aromatic carbocycles. The fraction of sp³-hybridized carbons (Fsp3) is 0.250. The molecule has 1 unspecified atom stereocenters. The third-order valence-corrected chi connectivity index (χ3v) is 4.43. The Morgan fingerprint density at radius 1 is 0.759 bits per heavy atom. The van der Waals surface area contributed by atoms with Crippen molar-refractivity contribution >= 4 is 17.1 Å². The summed E-state index contributed by atoms with van der Waals surface area (Å²) in [7, 11) is 3.22. The van der Waals surface area contributed by atoms with Gasteiger partial charge in [0.05, 0.1) is 16.7 Å².